The van der Waals surface area contributed by atoms with Gasteiger partial charge in [-0.3, -0.25) is 4.79 Å². The average molecular weight is 441 g/mol. The maximum Gasteiger partial charge on any atom is 0.343 e. The number of halogens is 2. The Hall–Kier alpha value is -3.64. The van der Waals surface area contributed by atoms with Crippen LogP contribution in [-0.2, 0) is 0 Å². The summed E-state index contributed by atoms with van der Waals surface area (Å²) in [6.07, 6.45) is 2.56. The van der Waals surface area contributed by atoms with Gasteiger partial charge < -0.3 is 14.2 Å². The minimum absolute atomic E-state index is 0.137. The molecule has 7 heteroatoms. The van der Waals surface area contributed by atoms with E-state index >= 15 is 0 Å². The third-order valence-corrected chi connectivity index (χ3v) is 4.70. The summed E-state index contributed by atoms with van der Waals surface area (Å²) < 4.78 is 29.5. The zero-order valence-electron chi connectivity index (χ0n) is 16.7. The maximum absolute atomic E-state index is 13.8. The van der Waals surface area contributed by atoms with E-state index in [0.29, 0.717) is 17.1 Å². The van der Waals surface area contributed by atoms with Crippen molar-refractivity contribution in [1.29, 1.82) is 0 Å². The summed E-state index contributed by atoms with van der Waals surface area (Å²) >= 11 is 5.95. The van der Waals surface area contributed by atoms with Gasteiger partial charge in [0.15, 0.2) is 17.3 Å². The van der Waals surface area contributed by atoms with Crippen LogP contribution in [0.2, 0.25) is 5.02 Å². The van der Waals surface area contributed by atoms with Crippen LogP contribution < -0.4 is 14.2 Å². The van der Waals surface area contributed by atoms with Gasteiger partial charge in [-0.15, -0.1) is 0 Å². The molecule has 0 aliphatic rings. The normalized spacial score (nSPS) is 10.7. The fourth-order valence-electron chi connectivity index (χ4n) is 2.74. The van der Waals surface area contributed by atoms with Gasteiger partial charge in [0, 0.05) is 11.1 Å². The molecule has 0 unspecified atom stereocenters. The number of ketones is 1. The van der Waals surface area contributed by atoms with Gasteiger partial charge in [0.05, 0.1) is 24.8 Å². The lowest BCUT2D eigenvalue weighted by Gasteiger charge is -2.09. The summed E-state index contributed by atoms with van der Waals surface area (Å²) in [6.45, 7) is 0. The first-order chi connectivity index (χ1) is 14.9. The molecule has 0 aliphatic heterocycles. The number of allylic oxidation sites excluding steroid dienone is 1. The third kappa shape index (κ3) is 5.29. The van der Waals surface area contributed by atoms with Crippen molar-refractivity contribution < 1.29 is 28.2 Å². The second-order valence-corrected chi connectivity index (χ2v) is 6.72. The highest BCUT2D eigenvalue weighted by molar-refractivity contribution is 6.32. The average Bonchev–Trinajstić information content (AvgIpc) is 2.78. The molecule has 0 N–H and O–H groups in total. The third-order valence-electron chi connectivity index (χ3n) is 4.37. The van der Waals surface area contributed by atoms with E-state index < -0.39 is 11.8 Å². The zero-order chi connectivity index (χ0) is 22.4. The fraction of sp³-hybridized carbons (Fsp3) is 0.0833. The summed E-state index contributed by atoms with van der Waals surface area (Å²) in [4.78, 5) is 24.7. The molecular weight excluding hydrogens is 423 g/mol. The number of esters is 1. The van der Waals surface area contributed by atoms with Crippen molar-refractivity contribution in [2.75, 3.05) is 14.2 Å². The summed E-state index contributed by atoms with van der Waals surface area (Å²) in [5.74, 6) is -0.302. The van der Waals surface area contributed by atoms with Crippen LogP contribution in [-0.4, -0.2) is 26.0 Å². The fourth-order valence-corrected chi connectivity index (χ4v) is 2.97. The molecule has 0 saturated heterocycles. The van der Waals surface area contributed by atoms with Gasteiger partial charge in [0.2, 0.25) is 0 Å². The van der Waals surface area contributed by atoms with Crippen LogP contribution in [0.5, 0.6) is 17.2 Å². The monoisotopic (exact) mass is 440 g/mol. The number of hydrogen-bond donors (Lipinski definition) is 0. The molecule has 0 radical (unpaired) electrons. The lowest BCUT2D eigenvalue weighted by Crippen LogP contribution is -2.09. The van der Waals surface area contributed by atoms with Crippen molar-refractivity contribution >= 4 is 29.4 Å². The zero-order valence-corrected chi connectivity index (χ0v) is 17.5. The van der Waals surface area contributed by atoms with E-state index in [1.54, 1.807) is 12.1 Å². The molecule has 0 heterocycles. The van der Waals surface area contributed by atoms with E-state index in [4.69, 9.17) is 25.8 Å². The van der Waals surface area contributed by atoms with Crippen LogP contribution >= 0.6 is 11.6 Å². The van der Waals surface area contributed by atoms with Crippen LogP contribution in [0.4, 0.5) is 4.39 Å². The minimum atomic E-state index is -0.589. The highest BCUT2D eigenvalue weighted by Crippen LogP contribution is 2.28. The molecule has 0 amide bonds. The predicted molar refractivity (Wildman–Crippen MR) is 116 cm³/mol. The molecule has 0 fully saturated rings. The van der Waals surface area contributed by atoms with E-state index in [2.05, 4.69) is 0 Å². The van der Waals surface area contributed by atoms with Crippen molar-refractivity contribution in [3.05, 3.63) is 94.3 Å². The molecule has 3 aromatic carbocycles. The second-order valence-electron chi connectivity index (χ2n) is 6.32. The van der Waals surface area contributed by atoms with Gasteiger partial charge in [0.1, 0.15) is 11.6 Å². The van der Waals surface area contributed by atoms with Gasteiger partial charge in [-0.2, -0.15) is 0 Å². The molecule has 31 heavy (non-hydrogen) atoms. The number of carbonyl (C=O) groups is 2. The maximum atomic E-state index is 13.8. The van der Waals surface area contributed by atoms with Crippen molar-refractivity contribution in [3.63, 3.8) is 0 Å². The van der Waals surface area contributed by atoms with Gasteiger partial charge >= 0.3 is 5.97 Å². The first-order valence-electron chi connectivity index (χ1n) is 9.13. The van der Waals surface area contributed by atoms with Crippen molar-refractivity contribution in [2.24, 2.45) is 0 Å². The Kier molecular flexibility index (Phi) is 7.05. The van der Waals surface area contributed by atoms with Gasteiger partial charge in [-0.05, 0) is 66.7 Å². The summed E-state index contributed by atoms with van der Waals surface area (Å²) in [7, 11) is 2.97. The highest BCUT2D eigenvalue weighted by atomic mass is 35.5. The molecule has 158 valence electrons. The van der Waals surface area contributed by atoms with Crippen LogP contribution in [0.25, 0.3) is 6.08 Å². The molecule has 0 bridgehead atoms. The first kappa shape index (κ1) is 22.1. The Bertz CT molecular complexity index is 1120. The van der Waals surface area contributed by atoms with Gasteiger partial charge in [0.25, 0.3) is 0 Å². The highest BCUT2D eigenvalue weighted by Gasteiger charge is 2.13. The number of carbonyl (C=O) groups excluding carboxylic acids is 2. The number of methoxy groups -OCH3 is 2. The molecule has 0 aromatic heterocycles. The minimum Gasteiger partial charge on any atom is -0.493 e. The lowest BCUT2D eigenvalue weighted by atomic mass is 10.1. The number of hydrogen-bond acceptors (Lipinski definition) is 5. The number of benzene rings is 3. The van der Waals surface area contributed by atoms with Crippen LogP contribution in [0, 0.1) is 5.82 Å². The predicted octanol–water partition coefficient (Wildman–Crippen LogP) is 5.61. The largest absolute Gasteiger partial charge is 0.493 e. The molecule has 0 aliphatic carbocycles. The molecule has 0 atom stereocenters. The van der Waals surface area contributed by atoms with E-state index in [9.17, 15) is 14.0 Å². The Labute approximate surface area is 183 Å². The smallest absolute Gasteiger partial charge is 0.343 e. The van der Waals surface area contributed by atoms with Gasteiger partial charge in [-0.1, -0.05) is 17.7 Å². The van der Waals surface area contributed by atoms with Crippen molar-refractivity contribution in [3.8, 4) is 17.2 Å². The van der Waals surface area contributed by atoms with E-state index in [0.717, 1.165) is 0 Å². The lowest BCUT2D eigenvalue weighted by molar-refractivity contribution is 0.0734. The molecule has 0 spiro atoms. The molecule has 3 rings (SSSR count). The summed E-state index contributed by atoms with van der Waals surface area (Å²) in [5, 5.41) is 0.210. The van der Waals surface area contributed by atoms with Crippen LogP contribution in [0.1, 0.15) is 26.3 Å². The Balaban J connectivity index is 1.69. The molecule has 5 nitrogen and oxygen atoms in total. The Morgan fingerprint density at radius 1 is 0.903 bits per heavy atom. The Morgan fingerprint density at radius 2 is 1.58 bits per heavy atom. The molecule has 3 aromatic rings. The SMILES string of the molecule is COc1ccc(C(=O)Oc2ccc(C(=O)C=Cc3c(F)cccc3Cl)cc2)cc1OC. The summed E-state index contributed by atoms with van der Waals surface area (Å²) in [6, 6.07) is 15.0. The van der Waals surface area contributed by atoms with Crippen LogP contribution in [0.3, 0.4) is 0 Å². The van der Waals surface area contributed by atoms with E-state index in [1.807, 2.05) is 0 Å². The van der Waals surface area contributed by atoms with Crippen LogP contribution in [0.15, 0.2) is 66.7 Å². The van der Waals surface area contributed by atoms with Gasteiger partial charge in [-0.25, -0.2) is 9.18 Å². The van der Waals surface area contributed by atoms with Crippen molar-refractivity contribution in [2.45, 2.75) is 0 Å². The van der Waals surface area contributed by atoms with E-state index in [-0.39, 0.29) is 27.7 Å². The van der Waals surface area contributed by atoms with E-state index in [1.165, 1.54) is 74.9 Å². The molecule has 0 saturated carbocycles. The Morgan fingerprint density at radius 3 is 2.23 bits per heavy atom. The first-order valence-corrected chi connectivity index (χ1v) is 9.51. The molecular formula is C24H18ClFO5. The summed E-state index contributed by atoms with van der Waals surface area (Å²) in [5.41, 5.74) is 0.759. The number of ether oxygens (including phenoxy) is 3. The second kappa shape index (κ2) is 9.91. The van der Waals surface area contributed by atoms with Crippen molar-refractivity contribution in [1.82, 2.24) is 0 Å². The standard InChI is InChI=1S/C24H18ClFO5/c1-29-22-13-8-16(14-23(22)30-2)24(28)31-17-9-6-15(7-10-17)21(27)12-11-18-19(25)4-3-5-20(18)26/h3-14H,1-2H3. The topological polar surface area (TPSA) is 61.8 Å². The number of rotatable bonds is 7. The quantitative estimate of drug-likeness (QED) is 0.207.